The molecule has 1 aliphatic heterocycles. The van der Waals surface area contributed by atoms with Crippen molar-refractivity contribution in [2.24, 2.45) is 0 Å². The van der Waals surface area contributed by atoms with Gasteiger partial charge in [0.25, 0.3) is 5.91 Å². The van der Waals surface area contributed by atoms with Gasteiger partial charge in [-0.05, 0) is 30.2 Å². The van der Waals surface area contributed by atoms with Crippen LogP contribution in [0.2, 0.25) is 0 Å². The molecule has 31 heavy (non-hydrogen) atoms. The summed E-state index contributed by atoms with van der Waals surface area (Å²) >= 11 is 0. The van der Waals surface area contributed by atoms with E-state index in [0.717, 1.165) is 35.3 Å². The lowest BCUT2D eigenvalue weighted by atomic mass is 10.0. The molecule has 0 fully saturated rings. The Labute approximate surface area is 181 Å². The lowest BCUT2D eigenvalue weighted by molar-refractivity contribution is 0.0931. The number of aliphatic hydroxyl groups excluding tert-OH is 1. The number of aromatic nitrogens is 2. The number of phenols is 1. The molecule has 7 nitrogen and oxygen atoms in total. The molecule has 0 radical (unpaired) electrons. The van der Waals surface area contributed by atoms with Crippen molar-refractivity contribution in [2.45, 2.75) is 39.0 Å². The molecule has 0 bridgehead atoms. The van der Waals surface area contributed by atoms with Crippen molar-refractivity contribution in [1.82, 2.24) is 20.0 Å². The van der Waals surface area contributed by atoms with Gasteiger partial charge in [-0.3, -0.25) is 14.4 Å². The third-order valence-corrected chi connectivity index (χ3v) is 5.70. The Balaban J connectivity index is 1.55. The number of aliphatic hydroxyl groups is 1. The fourth-order valence-electron chi connectivity index (χ4n) is 4.15. The van der Waals surface area contributed by atoms with E-state index in [4.69, 9.17) is 0 Å². The number of carbonyl (C=O) groups excluding carboxylic acids is 1. The highest BCUT2D eigenvalue weighted by Gasteiger charge is 2.28. The minimum absolute atomic E-state index is 0.0252. The van der Waals surface area contributed by atoms with E-state index < -0.39 is 0 Å². The zero-order valence-corrected chi connectivity index (χ0v) is 17.7. The van der Waals surface area contributed by atoms with Crippen LogP contribution in [0.3, 0.4) is 0 Å². The summed E-state index contributed by atoms with van der Waals surface area (Å²) in [5.74, 6) is 0.0458. The molecule has 0 saturated heterocycles. The van der Waals surface area contributed by atoms with E-state index in [0.29, 0.717) is 25.3 Å². The summed E-state index contributed by atoms with van der Waals surface area (Å²) in [6.07, 6.45) is 0.753. The molecular weight excluding hydrogens is 392 g/mol. The number of hydrogen-bond acceptors (Lipinski definition) is 5. The van der Waals surface area contributed by atoms with E-state index in [9.17, 15) is 15.0 Å². The van der Waals surface area contributed by atoms with E-state index >= 15 is 0 Å². The third-order valence-electron chi connectivity index (χ3n) is 5.70. The highest BCUT2D eigenvalue weighted by molar-refractivity contribution is 5.94. The van der Waals surface area contributed by atoms with Gasteiger partial charge in [0, 0.05) is 37.3 Å². The highest BCUT2D eigenvalue weighted by atomic mass is 16.3. The quantitative estimate of drug-likeness (QED) is 0.547. The van der Waals surface area contributed by atoms with Crippen molar-refractivity contribution in [1.29, 1.82) is 0 Å². The number of nitrogens with one attached hydrogen (secondary N) is 1. The molecule has 1 aromatic heterocycles. The Bertz CT molecular complexity index is 1050. The largest absolute Gasteiger partial charge is 0.508 e. The van der Waals surface area contributed by atoms with Gasteiger partial charge in [-0.25, -0.2) is 0 Å². The third kappa shape index (κ3) is 4.78. The zero-order chi connectivity index (χ0) is 21.8. The molecule has 7 heteroatoms. The maximum Gasteiger partial charge on any atom is 0.272 e. The predicted molar refractivity (Wildman–Crippen MR) is 118 cm³/mol. The minimum atomic E-state index is -0.205. The molecule has 3 aromatic rings. The van der Waals surface area contributed by atoms with E-state index in [2.05, 4.69) is 15.3 Å². The van der Waals surface area contributed by atoms with Crippen molar-refractivity contribution < 1.29 is 15.0 Å². The number of amides is 1. The van der Waals surface area contributed by atoms with Crippen LogP contribution in [0.1, 0.15) is 45.8 Å². The van der Waals surface area contributed by atoms with Crippen LogP contribution in [0.25, 0.3) is 0 Å². The first-order valence-electron chi connectivity index (χ1n) is 10.6. The van der Waals surface area contributed by atoms with E-state index in [1.807, 2.05) is 49.4 Å². The molecule has 1 amide bonds. The topological polar surface area (TPSA) is 90.6 Å². The maximum absolute atomic E-state index is 13.1. The van der Waals surface area contributed by atoms with Gasteiger partial charge in [-0.1, -0.05) is 42.5 Å². The summed E-state index contributed by atoms with van der Waals surface area (Å²) in [6, 6.07) is 16.9. The fraction of sp³-hybridized carbons (Fsp3) is 0.333. The second kappa shape index (κ2) is 9.32. The van der Waals surface area contributed by atoms with E-state index in [1.54, 1.807) is 16.8 Å². The molecule has 0 spiro atoms. The number of aromatic hydroxyl groups is 1. The lowest BCUT2D eigenvalue weighted by Gasteiger charge is -2.28. The SMILES string of the molecule is C[C@@H](NC(=O)c1nn(CCO)c2c1CN(Cc1cccc(O)c1)CC2)c1ccccc1. The molecule has 1 aliphatic rings. The first-order chi connectivity index (χ1) is 15.0. The van der Waals surface area contributed by atoms with Crippen LogP contribution in [0.15, 0.2) is 54.6 Å². The van der Waals surface area contributed by atoms with Gasteiger partial charge in [-0.15, -0.1) is 0 Å². The van der Waals surface area contributed by atoms with E-state index in [-0.39, 0.29) is 24.3 Å². The molecule has 2 aromatic carbocycles. The summed E-state index contributed by atoms with van der Waals surface area (Å²) in [7, 11) is 0. The van der Waals surface area contributed by atoms with Gasteiger partial charge in [0.05, 0.1) is 19.2 Å². The van der Waals surface area contributed by atoms with Gasteiger partial charge >= 0.3 is 0 Å². The van der Waals surface area contributed by atoms with Crippen LogP contribution >= 0.6 is 0 Å². The van der Waals surface area contributed by atoms with Gasteiger partial charge < -0.3 is 15.5 Å². The molecule has 0 saturated carbocycles. The Morgan fingerprint density at radius 2 is 2.00 bits per heavy atom. The first-order valence-corrected chi connectivity index (χ1v) is 10.6. The Morgan fingerprint density at radius 3 is 2.74 bits per heavy atom. The second-order valence-electron chi connectivity index (χ2n) is 7.96. The Hall–Kier alpha value is -3.16. The average Bonchev–Trinajstić information content (AvgIpc) is 3.12. The number of nitrogens with zero attached hydrogens (tertiary/aromatic N) is 3. The van der Waals surface area contributed by atoms with E-state index in [1.165, 1.54) is 0 Å². The van der Waals surface area contributed by atoms with Crippen molar-refractivity contribution in [2.75, 3.05) is 13.2 Å². The minimum Gasteiger partial charge on any atom is -0.508 e. The van der Waals surface area contributed by atoms with Crippen LogP contribution in [0.4, 0.5) is 0 Å². The molecule has 0 unspecified atom stereocenters. The number of phenolic OH excluding ortho intramolecular Hbond substituents is 1. The average molecular weight is 421 g/mol. The molecule has 2 heterocycles. The lowest BCUT2D eigenvalue weighted by Crippen LogP contribution is -2.33. The zero-order valence-electron chi connectivity index (χ0n) is 17.7. The van der Waals surface area contributed by atoms with Crippen LogP contribution in [0, 0.1) is 0 Å². The summed E-state index contributed by atoms with van der Waals surface area (Å²) < 4.78 is 1.77. The first kappa shape index (κ1) is 21.1. The fourth-order valence-corrected chi connectivity index (χ4v) is 4.15. The standard InChI is InChI=1S/C24H28N4O3/c1-17(19-7-3-2-4-8-19)25-24(31)23-21-16-27(15-18-6-5-9-20(30)14-18)11-10-22(21)28(26-23)12-13-29/h2-9,14,17,29-30H,10-13,15-16H2,1H3,(H,25,31)/t17-/m1/s1. The van der Waals surface area contributed by atoms with Gasteiger partial charge in [0.2, 0.25) is 0 Å². The predicted octanol–water partition coefficient (Wildman–Crippen LogP) is 2.63. The summed E-state index contributed by atoms with van der Waals surface area (Å²) in [5, 5.41) is 26.8. The van der Waals surface area contributed by atoms with Crippen LogP contribution in [-0.2, 0) is 26.1 Å². The van der Waals surface area contributed by atoms with Crippen molar-refractivity contribution in [3.05, 3.63) is 82.7 Å². The molecule has 0 aliphatic carbocycles. The molecule has 4 rings (SSSR count). The van der Waals surface area contributed by atoms with Crippen LogP contribution in [0.5, 0.6) is 5.75 Å². The molecule has 1 atom stereocenters. The number of hydrogen-bond donors (Lipinski definition) is 3. The van der Waals surface area contributed by atoms with Crippen LogP contribution in [-0.4, -0.2) is 44.0 Å². The van der Waals surface area contributed by atoms with Crippen molar-refractivity contribution in [3.8, 4) is 5.75 Å². The van der Waals surface area contributed by atoms with Crippen molar-refractivity contribution >= 4 is 5.91 Å². The van der Waals surface area contributed by atoms with Crippen molar-refractivity contribution in [3.63, 3.8) is 0 Å². The summed E-state index contributed by atoms with van der Waals surface area (Å²) in [4.78, 5) is 15.4. The Kier molecular flexibility index (Phi) is 6.34. The highest BCUT2D eigenvalue weighted by Crippen LogP contribution is 2.25. The molecule has 3 N–H and O–H groups in total. The smallest absolute Gasteiger partial charge is 0.272 e. The number of benzene rings is 2. The van der Waals surface area contributed by atoms with Gasteiger partial charge in [0.15, 0.2) is 5.69 Å². The Morgan fingerprint density at radius 1 is 1.19 bits per heavy atom. The summed E-state index contributed by atoms with van der Waals surface area (Å²) in [6.45, 7) is 4.40. The summed E-state index contributed by atoms with van der Waals surface area (Å²) in [5.41, 5.74) is 4.41. The molecule has 162 valence electrons. The monoisotopic (exact) mass is 420 g/mol. The number of carbonyl (C=O) groups is 1. The van der Waals surface area contributed by atoms with Gasteiger partial charge in [0.1, 0.15) is 5.75 Å². The van der Waals surface area contributed by atoms with Crippen LogP contribution < -0.4 is 5.32 Å². The second-order valence-corrected chi connectivity index (χ2v) is 7.96. The number of fused-ring (bicyclic) bond motifs is 1. The van der Waals surface area contributed by atoms with Gasteiger partial charge in [-0.2, -0.15) is 5.10 Å². The normalized spacial score (nSPS) is 14.8. The molecular formula is C24H28N4O3. The maximum atomic E-state index is 13.1. The number of rotatable bonds is 7.